The Kier molecular flexibility index (Phi) is 9.66. The van der Waals surface area contributed by atoms with Gasteiger partial charge >= 0.3 is 0 Å². The molecule has 1 aromatic heterocycles. The lowest BCUT2D eigenvalue weighted by molar-refractivity contribution is -0.120. The summed E-state index contributed by atoms with van der Waals surface area (Å²) in [5.74, 6) is 1.80. The minimum Gasteiger partial charge on any atom is -0.476 e. The number of anilines is 3. The van der Waals surface area contributed by atoms with Crippen LogP contribution in [-0.2, 0) is 9.59 Å². The van der Waals surface area contributed by atoms with Gasteiger partial charge in [0.1, 0.15) is 11.6 Å². The fourth-order valence-electron chi connectivity index (χ4n) is 3.79. The largest absolute Gasteiger partial charge is 0.476 e. The third kappa shape index (κ3) is 6.67. The number of imide groups is 1. The second-order valence-electron chi connectivity index (χ2n) is 8.08. The van der Waals surface area contributed by atoms with Crippen molar-refractivity contribution in [2.45, 2.75) is 52.6 Å². The highest BCUT2D eigenvalue weighted by molar-refractivity contribution is 6.34. The number of carbonyl (C=O) groups excluding carboxylic acids is 2. The maximum absolute atomic E-state index is 14.4. The predicted molar refractivity (Wildman–Crippen MR) is 141 cm³/mol. The van der Waals surface area contributed by atoms with E-state index in [0.717, 1.165) is 36.9 Å². The van der Waals surface area contributed by atoms with Crippen molar-refractivity contribution in [1.82, 2.24) is 15.0 Å². The first kappa shape index (κ1) is 28.2. The molecule has 1 aromatic carbocycles. The van der Waals surface area contributed by atoms with Crippen LogP contribution in [0.5, 0.6) is 5.75 Å². The Morgan fingerprint density at radius 2 is 1.59 bits per heavy atom. The summed E-state index contributed by atoms with van der Waals surface area (Å²) in [6, 6.07) is 2.27. The van der Waals surface area contributed by atoms with Gasteiger partial charge in [-0.15, -0.1) is 6.42 Å². The van der Waals surface area contributed by atoms with Gasteiger partial charge in [0.05, 0.1) is 10.7 Å². The summed E-state index contributed by atoms with van der Waals surface area (Å²) < 4.78 is 19.8. The van der Waals surface area contributed by atoms with Crippen molar-refractivity contribution in [3.63, 3.8) is 0 Å². The maximum atomic E-state index is 14.4. The van der Waals surface area contributed by atoms with Gasteiger partial charge < -0.3 is 15.4 Å². The van der Waals surface area contributed by atoms with E-state index in [0.29, 0.717) is 35.9 Å². The smallest absolute Gasteiger partial charge is 0.261 e. The molecule has 4 rings (SSSR count). The van der Waals surface area contributed by atoms with Gasteiger partial charge in [-0.25, -0.2) is 9.29 Å². The fraction of sp³-hybridized carbons (Fsp3) is 0.400. The van der Waals surface area contributed by atoms with Crippen molar-refractivity contribution in [3.8, 4) is 18.1 Å². The van der Waals surface area contributed by atoms with Crippen LogP contribution in [0.2, 0.25) is 10.3 Å². The lowest BCUT2D eigenvalue weighted by atomic mass is 9.93. The first-order valence-corrected chi connectivity index (χ1v) is 12.6. The maximum Gasteiger partial charge on any atom is 0.261 e. The van der Waals surface area contributed by atoms with Crippen LogP contribution >= 0.6 is 23.2 Å². The van der Waals surface area contributed by atoms with Crippen LogP contribution in [-0.4, -0.2) is 46.0 Å². The zero-order valence-corrected chi connectivity index (χ0v) is 22.2. The van der Waals surface area contributed by atoms with Crippen molar-refractivity contribution in [2.24, 2.45) is 0 Å². The Morgan fingerprint density at radius 3 is 2.08 bits per heavy atom. The standard InChI is InChI=1S/C18H15ClFNO3.C7H12ClN5/c1-3-10(2)24-16-9-15(14(20)8-13(16)19)21-17(22)11-6-4-5-7-12(11)18(21)23;1-3-9-6-11-5(8)12-7(13-6)10-4-2/h1,8-10H,4-7H2,2H3;3-4H2,1-2H3,(H2,9,10,11,12,13). The number of aromatic nitrogens is 3. The van der Waals surface area contributed by atoms with E-state index in [1.54, 1.807) is 6.92 Å². The zero-order valence-electron chi connectivity index (χ0n) is 20.7. The Hall–Kier alpha value is -3.42. The van der Waals surface area contributed by atoms with Gasteiger partial charge in [0, 0.05) is 30.3 Å². The van der Waals surface area contributed by atoms with E-state index in [2.05, 4.69) is 31.5 Å². The fourth-order valence-corrected chi connectivity index (χ4v) is 4.14. The Balaban J connectivity index is 0.000000248. The van der Waals surface area contributed by atoms with E-state index < -0.39 is 23.7 Å². The number of ether oxygens (including phenoxy) is 1. The summed E-state index contributed by atoms with van der Waals surface area (Å²) >= 11 is 11.7. The van der Waals surface area contributed by atoms with Gasteiger partial charge in [-0.3, -0.25) is 9.59 Å². The zero-order chi connectivity index (χ0) is 27.1. The van der Waals surface area contributed by atoms with E-state index in [-0.39, 0.29) is 21.7 Å². The Labute approximate surface area is 224 Å². The van der Waals surface area contributed by atoms with Gasteiger partial charge in [0.2, 0.25) is 17.2 Å². The second kappa shape index (κ2) is 12.7. The summed E-state index contributed by atoms with van der Waals surface area (Å²) in [7, 11) is 0. The Morgan fingerprint density at radius 1 is 1.05 bits per heavy atom. The molecule has 0 saturated carbocycles. The summed E-state index contributed by atoms with van der Waals surface area (Å²) in [5.41, 5.74) is 0.808. The molecule has 196 valence electrons. The van der Waals surface area contributed by atoms with Crippen LogP contribution in [0.1, 0.15) is 46.5 Å². The number of hydrogen-bond acceptors (Lipinski definition) is 8. The van der Waals surface area contributed by atoms with Crippen LogP contribution in [0.15, 0.2) is 23.3 Å². The summed E-state index contributed by atoms with van der Waals surface area (Å²) in [4.78, 5) is 37.9. The highest BCUT2D eigenvalue weighted by Gasteiger charge is 2.41. The molecule has 0 saturated heterocycles. The number of carbonyl (C=O) groups is 2. The van der Waals surface area contributed by atoms with Crippen LogP contribution < -0.4 is 20.3 Å². The van der Waals surface area contributed by atoms with E-state index in [1.165, 1.54) is 6.07 Å². The molecule has 1 atom stereocenters. The molecule has 12 heteroatoms. The number of nitrogens with one attached hydrogen (secondary N) is 2. The topological polar surface area (TPSA) is 109 Å². The van der Waals surface area contributed by atoms with Gasteiger partial charge in [-0.1, -0.05) is 17.5 Å². The lowest BCUT2D eigenvalue weighted by Crippen LogP contribution is -2.32. The molecule has 1 aliphatic carbocycles. The van der Waals surface area contributed by atoms with E-state index in [4.69, 9.17) is 34.4 Å². The Bertz CT molecular complexity index is 1210. The second-order valence-corrected chi connectivity index (χ2v) is 8.83. The summed E-state index contributed by atoms with van der Waals surface area (Å²) in [6.45, 7) is 7.07. The van der Waals surface area contributed by atoms with Gasteiger partial charge in [0.15, 0.2) is 6.10 Å². The van der Waals surface area contributed by atoms with Crippen LogP contribution in [0.25, 0.3) is 0 Å². The molecule has 0 fully saturated rings. The highest BCUT2D eigenvalue weighted by Crippen LogP contribution is 2.39. The summed E-state index contributed by atoms with van der Waals surface area (Å²) in [5, 5.41) is 6.14. The number of nitrogens with zero attached hydrogens (tertiary/aromatic N) is 4. The number of hydrogen-bond donors (Lipinski definition) is 2. The lowest BCUT2D eigenvalue weighted by Gasteiger charge is -2.19. The molecule has 2 amide bonds. The quantitative estimate of drug-likeness (QED) is 0.367. The molecule has 0 spiro atoms. The molecule has 0 bridgehead atoms. The van der Waals surface area contributed by atoms with E-state index in [1.807, 2.05) is 13.8 Å². The molecular weight excluding hydrogens is 522 g/mol. The van der Waals surface area contributed by atoms with Crippen molar-refractivity contribution < 1.29 is 18.7 Å². The SMILES string of the molecule is C#CC(C)Oc1cc(N2C(=O)C3=C(CCCC3)C2=O)c(F)cc1Cl.CCNc1nc(Cl)nc(NCC)n1. The molecule has 2 heterocycles. The van der Waals surface area contributed by atoms with Crippen molar-refractivity contribution in [3.05, 3.63) is 39.4 Å². The van der Waals surface area contributed by atoms with Crippen LogP contribution in [0.4, 0.5) is 22.0 Å². The molecule has 2 N–H and O–H groups in total. The van der Waals surface area contributed by atoms with Crippen LogP contribution in [0, 0.1) is 18.2 Å². The van der Waals surface area contributed by atoms with Crippen LogP contribution in [0.3, 0.4) is 0 Å². The first-order valence-electron chi connectivity index (χ1n) is 11.8. The predicted octanol–water partition coefficient (Wildman–Crippen LogP) is 5.01. The number of benzene rings is 1. The highest BCUT2D eigenvalue weighted by atomic mass is 35.5. The first-order chi connectivity index (χ1) is 17.7. The minimum atomic E-state index is -0.762. The molecule has 37 heavy (non-hydrogen) atoms. The van der Waals surface area contributed by atoms with Crippen molar-refractivity contribution in [1.29, 1.82) is 0 Å². The van der Waals surface area contributed by atoms with Crippen molar-refractivity contribution >= 4 is 52.6 Å². The third-order valence-corrected chi connectivity index (χ3v) is 5.91. The minimum absolute atomic E-state index is 0.0233. The number of halogens is 3. The molecule has 0 radical (unpaired) electrons. The van der Waals surface area contributed by atoms with E-state index >= 15 is 0 Å². The number of rotatable bonds is 7. The van der Waals surface area contributed by atoms with Gasteiger partial charge in [-0.2, -0.15) is 15.0 Å². The molecule has 9 nitrogen and oxygen atoms in total. The normalized spacial score (nSPS) is 15.4. The third-order valence-electron chi connectivity index (χ3n) is 5.45. The monoisotopic (exact) mass is 548 g/mol. The average Bonchev–Trinajstić information content (AvgIpc) is 3.11. The van der Waals surface area contributed by atoms with Gasteiger partial charge in [0.25, 0.3) is 11.8 Å². The van der Waals surface area contributed by atoms with E-state index in [9.17, 15) is 14.0 Å². The molecule has 2 aliphatic rings. The average molecular weight is 549 g/mol. The number of terminal acetylenes is 1. The van der Waals surface area contributed by atoms with Crippen molar-refractivity contribution in [2.75, 3.05) is 28.6 Å². The molecule has 1 unspecified atom stereocenters. The number of amides is 2. The molecular formula is C25H27Cl2FN6O3. The summed E-state index contributed by atoms with van der Waals surface area (Å²) in [6.07, 6.45) is 7.47. The molecule has 1 aliphatic heterocycles. The molecule has 2 aromatic rings. The van der Waals surface area contributed by atoms with Gasteiger partial charge in [-0.05, 0) is 64.1 Å².